The van der Waals surface area contributed by atoms with Crippen molar-refractivity contribution in [1.29, 1.82) is 0 Å². The fraction of sp³-hybridized carbons (Fsp3) is 0.143. The van der Waals surface area contributed by atoms with Gasteiger partial charge in [-0.2, -0.15) is 5.10 Å². The highest BCUT2D eigenvalue weighted by Crippen LogP contribution is 2.54. The number of ether oxygens (including phenoxy) is 1. The predicted molar refractivity (Wildman–Crippen MR) is 106 cm³/mol. The van der Waals surface area contributed by atoms with E-state index in [4.69, 9.17) is 14.3 Å². The van der Waals surface area contributed by atoms with Crippen molar-refractivity contribution in [2.24, 2.45) is 5.10 Å². The van der Waals surface area contributed by atoms with E-state index in [1.165, 1.54) is 0 Å². The molecule has 2 aromatic carbocycles. The Morgan fingerprint density at radius 2 is 2.07 bits per heavy atom. The number of carbonyl (C=O) groups excluding carboxylic acids is 1. The molecule has 0 fully saturated rings. The molecule has 138 valence electrons. The second-order valence-electron chi connectivity index (χ2n) is 7.02. The van der Waals surface area contributed by atoms with Crippen molar-refractivity contribution in [3.05, 3.63) is 82.2 Å². The Kier molecular flexibility index (Phi) is 3.12. The standard InChI is InChI=1S/C21H14BrN3O3/c22-12-7-8-15-14(10-12)21(20(26)23-15)25-17(13-4-1-2-5-18(13)28-21)11-16(24-25)19-6-3-9-27-19/h1-10,17H,11H2,(H,23,26)/t17-,21-/m1/s1. The summed E-state index contributed by atoms with van der Waals surface area (Å²) in [4.78, 5) is 13.3. The lowest BCUT2D eigenvalue weighted by atomic mass is 9.93. The van der Waals surface area contributed by atoms with Crippen LogP contribution in [-0.4, -0.2) is 16.6 Å². The topological polar surface area (TPSA) is 67.1 Å². The minimum absolute atomic E-state index is 0.124. The predicted octanol–water partition coefficient (Wildman–Crippen LogP) is 4.39. The summed E-state index contributed by atoms with van der Waals surface area (Å²) in [7, 11) is 0. The van der Waals surface area contributed by atoms with E-state index in [0.717, 1.165) is 27.0 Å². The molecule has 0 saturated carbocycles. The number of hydrazone groups is 1. The van der Waals surface area contributed by atoms with Gasteiger partial charge in [-0.05, 0) is 36.4 Å². The first-order valence-corrected chi connectivity index (χ1v) is 9.76. The molecule has 1 aromatic heterocycles. The number of hydrogen-bond donors (Lipinski definition) is 1. The van der Waals surface area contributed by atoms with Crippen LogP contribution in [0.4, 0.5) is 5.69 Å². The van der Waals surface area contributed by atoms with Gasteiger partial charge < -0.3 is 14.5 Å². The maximum absolute atomic E-state index is 13.3. The third kappa shape index (κ3) is 1.97. The number of para-hydroxylation sites is 1. The number of hydrogen-bond acceptors (Lipinski definition) is 5. The molecule has 0 bridgehead atoms. The molecule has 7 heteroatoms. The normalized spacial score (nSPS) is 24.3. The Balaban J connectivity index is 1.60. The average Bonchev–Trinajstić information content (AvgIpc) is 3.42. The maximum atomic E-state index is 13.3. The fourth-order valence-electron chi connectivity index (χ4n) is 4.25. The van der Waals surface area contributed by atoms with Crippen molar-refractivity contribution in [3.63, 3.8) is 0 Å². The van der Waals surface area contributed by atoms with E-state index in [1.807, 2.05) is 54.6 Å². The Hall–Kier alpha value is -3.06. The monoisotopic (exact) mass is 435 g/mol. The third-order valence-electron chi connectivity index (χ3n) is 5.48. The molecule has 1 N–H and O–H groups in total. The lowest BCUT2D eigenvalue weighted by molar-refractivity contribution is -0.161. The van der Waals surface area contributed by atoms with E-state index >= 15 is 0 Å². The Bertz CT molecular complexity index is 1160. The summed E-state index contributed by atoms with van der Waals surface area (Å²) < 4.78 is 12.9. The highest BCUT2D eigenvalue weighted by molar-refractivity contribution is 9.10. The van der Waals surface area contributed by atoms with Crippen molar-refractivity contribution < 1.29 is 13.9 Å². The zero-order valence-electron chi connectivity index (χ0n) is 14.6. The van der Waals surface area contributed by atoms with Crippen LogP contribution in [0.5, 0.6) is 5.75 Å². The molecule has 0 unspecified atom stereocenters. The van der Waals surface area contributed by atoms with Crippen LogP contribution in [0, 0.1) is 0 Å². The summed E-state index contributed by atoms with van der Waals surface area (Å²) in [5.74, 6) is 1.15. The number of amides is 1. The Morgan fingerprint density at radius 1 is 1.18 bits per heavy atom. The fourth-order valence-corrected chi connectivity index (χ4v) is 4.61. The molecular weight excluding hydrogens is 422 g/mol. The van der Waals surface area contributed by atoms with Gasteiger partial charge in [-0.3, -0.25) is 4.79 Å². The zero-order valence-corrected chi connectivity index (χ0v) is 16.1. The highest BCUT2D eigenvalue weighted by atomic mass is 79.9. The molecule has 6 rings (SSSR count). The van der Waals surface area contributed by atoms with Gasteiger partial charge in [-0.25, -0.2) is 5.01 Å². The van der Waals surface area contributed by atoms with Crippen LogP contribution in [0.25, 0.3) is 0 Å². The minimum atomic E-state index is -1.35. The van der Waals surface area contributed by atoms with E-state index in [-0.39, 0.29) is 11.9 Å². The van der Waals surface area contributed by atoms with Crippen LogP contribution < -0.4 is 10.1 Å². The van der Waals surface area contributed by atoms with Gasteiger partial charge in [0.25, 0.3) is 5.91 Å². The lowest BCUT2D eigenvalue weighted by Gasteiger charge is -2.43. The van der Waals surface area contributed by atoms with Crippen molar-refractivity contribution in [2.45, 2.75) is 18.2 Å². The molecule has 28 heavy (non-hydrogen) atoms. The number of carbonyl (C=O) groups is 1. The van der Waals surface area contributed by atoms with Gasteiger partial charge in [-0.15, -0.1) is 0 Å². The molecule has 0 radical (unpaired) electrons. The minimum Gasteiger partial charge on any atom is -0.463 e. The first-order chi connectivity index (χ1) is 13.7. The number of benzene rings is 2. The van der Waals surface area contributed by atoms with Crippen LogP contribution in [0.15, 0.2) is 74.9 Å². The second-order valence-corrected chi connectivity index (χ2v) is 7.93. The number of furan rings is 1. The number of nitrogens with zero attached hydrogens (tertiary/aromatic N) is 2. The second kappa shape index (κ2) is 5.48. The third-order valence-corrected chi connectivity index (χ3v) is 5.97. The number of halogens is 1. The van der Waals surface area contributed by atoms with Crippen LogP contribution in [0.2, 0.25) is 0 Å². The Labute approximate surface area is 168 Å². The molecule has 6 nitrogen and oxygen atoms in total. The van der Waals surface area contributed by atoms with Crippen molar-refractivity contribution >= 4 is 33.2 Å². The molecule has 3 aromatic rings. The number of rotatable bonds is 1. The van der Waals surface area contributed by atoms with Crippen molar-refractivity contribution in [2.75, 3.05) is 5.32 Å². The lowest BCUT2D eigenvalue weighted by Crippen LogP contribution is -2.55. The summed E-state index contributed by atoms with van der Waals surface area (Å²) in [5, 5.41) is 9.57. The molecule has 1 spiro atoms. The van der Waals surface area contributed by atoms with Gasteiger partial charge in [-0.1, -0.05) is 34.1 Å². The number of fused-ring (bicyclic) bond motifs is 6. The van der Waals surface area contributed by atoms with Crippen LogP contribution >= 0.6 is 15.9 Å². The van der Waals surface area contributed by atoms with Crippen LogP contribution in [-0.2, 0) is 10.5 Å². The van der Waals surface area contributed by atoms with Crippen molar-refractivity contribution in [3.8, 4) is 5.75 Å². The average molecular weight is 436 g/mol. The highest BCUT2D eigenvalue weighted by Gasteiger charge is 2.61. The van der Waals surface area contributed by atoms with Crippen LogP contribution in [0.1, 0.15) is 29.3 Å². The smallest absolute Gasteiger partial charge is 0.306 e. The van der Waals surface area contributed by atoms with Gasteiger partial charge >= 0.3 is 5.72 Å². The largest absolute Gasteiger partial charge is 0.463 e. The molecule has 1 amide bonds. The summed E-state index contributed by atoms with van der Waals surface area (Å²) in [6.45, 7) is 0. The molecule has 0 aliphatic carbocycles. The Morgan fingerprint density at radius 3 is 2.93 bits per heavy atom. The maximum Gasteiger partial charge on any atom is 0.306 e. The van der Waals surface area contributed by atoms with E-state index in [9.17, 15) is 4.79 Å². The zero-order chi connectivity index (χ0) is 18.9. The van der Waals surface area contributed by atoms with E-state index < -0.39 is 5.72 Å². The van der Waals surface area contributed by atoms with Crippen LogP contribution in [0.3, 0.4) is 0 Å². The SMILES string of the molecule is O=C1Nc2ccc(Br)cc2[C@@]12Oc1ccccc1[C@H]1CC(c3ccco3)=NN12. The van der Waals surface area contributed by atoms with Gasteiger partial charge in [0, 0.05) is 16.5 Å². The van der Waals surface area contributed by atoms with Gasteiger partial charge in [0.15, 0.2) is 0 Å². The molecule has 2 atom stereocenters. The summed E-state index contributed by atoms with van der Waals surface area (Å²) in [5.41, 5.74) is 1.93. The molecule has 3 aliphatic heterocycles. The molecule has 4 heterocycles. The number of anilines is 1. The van der Waals surface area contributed by atoms with Gasteiger partial charge in [0.1, 0.15) is 17.2 Å². The van der Waals surface area contributed by atoms with Gasteiger partial charge in [0.2, 0.25) is 0 Å². The summed E-state index contributed by atoms with van der Waals surface area (Å²) in [6, 6.07) is 17.1. The van der Waals surface area contributed by atoms with E-state index in [2.05, 4.69) is 21.2 Å². The van der Waals surface area contributed by atoms with Crippen molar-refractivity contribution in [1.82, 2.24) is 5.01 Å². The molecular formula is C21H14BrN3O3. The van der Waals surface area contributed by atoms with E-state index in [0.29, 0.717) is 17.9 Å². The summed E-state index contributed by atoms with van der Waals surface area (Å²) >= 11 is 3.52. The number of nitrogens with one attached hydrogen (secondary N) is 1. The summed E-state index contributed by atoms with van der Waals surface area (Å²) in [6.07, 6.45) is 2.26. The quantitative estimate of drug-likeness (QED) is 0.615. The first-order valence-electron chi connectivity index (χ1n) is 8.97. The molecule has 3 aliphatic rings. The first kappa shape index (κ1) is 15.9. The van der Waals surface area contributed by atoms with Gasteiger partial charge in [0.05, 0.1) is 23.6 Å². The van der Waals surface area contributed by atoms with E-state index in [1.54, 1.807) is 11.3 Å². The molecule has 0 saturated heterocycles.